The summed E-state index contributed by atoms with van der Waals surface area (Å²) in [6, 6.07) is 15.8. The second kappa shape index (κ2) is 8.52. The maximum absolute atomic E-state index is 13.5. The lowest BCUT2D eigenvalue weighted by Crippen LogP contribution is -2.50. The van der Waals surface area contributed by atoms with Crippen molar-refractivity contribution in [1.29, 1.82) is 0 Å². The number of ether oxygens (including phenoxy) is 2. The number of hydrogen-bond acceptors (Lipinski definition) is 5. The molecule has 0 saturated carbocycles. The number of amides is 1. The quantitative estimate of drug-likeness (QED) is 0.529. The van der Waals surface area contributed by atoms with Gasteiger partial charge in [-0.3, -0.25) is 4.90 Å². The molecule has 3 aromatic carbocycles. The van der Waals surface area contributed by atoms with Gasteiger partial charge in [0.1, 0.15) is 12.4 Å². The summed E-state index contributed by atoms with van der Waals surface area (Å²) in [5, 5.41) is 1.82. The summed E-state index contributed by atoms with van der Waals surface area (Å²) in [6.45, 7) is 0.773. The van der Waals surface area contributed by atoms with Crippen molar-refractivity contribution in [3.63, 3.8) is 0 Å². The van der Waals surface area contributed by atoms with Gasteiger partial charge < -0.3 is 9.47 Å². The number of piperidine rings is 1. The lowest BCUT2D eigenvalue weighted by atomic mass is 10.0. The van der Waals surface area contributed by atoms with E-state index in [9.17, 15) is 13.2 Å². The van der Waals surface area contributed by atoms with E-state index >= 15 is 0 Å². The van der Waals surface area contributed by atoms with Crippen LogP contribution in [0.2, 0.25) is 5.02 Å². The molecule has 0 atom stereocenters. The van der Waals surface area contributed by atoms with Crippen LogP contribution < -0.4 is 9.64 Å². The molecule has 0 bridgehead atoms. The number of halogens is 1. The van der Waals surface area contributed by atoms with Gasteiger partial charge in [0.2, 0.25) is 10.0 Å². The molecule has 5 rings (SSSR count). The summed E-state index contributed by atoms with van der Waals surface area (Å²) in [4.78, 5) is 14.6. The van der Waals surface area contributed by atoms with Gasteiger partial charge in [0.25, 0.3) is 0 Å². The van der Waals surface area contributed by atoms with Gasteiger partial charge in [0.15, 0.2) is 0 Å². The highest BCUT2D eigenvalue weighted by Crippen LogP contribution is 2.40. The van der Waals surface area contributed by atoms with Crippen LogP contribution in [0.1, 0.15) is 18.4 Å². The molecule has 0 aromatic heterocycles. The molecule has 0 spiro atoms. The van der Waals surface area contributed by atoms with E-state index in [-0.39, 0.29) is 30.6 Å². The topological polar surface area (TPSA) is 76.2 Å². The van der Waals surface area contributed by atoms with E-state index in [0.29, 0.717) is 40.1 Å². The molecule has 0 aliphatic carbocycles. The number of sulfonamides is 1. The zero-order valence-electron chi connectivity index (χ0n) is 18.0. The number of hydrogen-bond donors (Lipinski definition) is 0. The molecule has 2 aliphatic heterocycles. The molecule has 1 amide bonds. The third-order valence-electron chi connectivity index (χ3n) is 6.33. The van der Waals surface area contributed by atoms with E-state index in [1.807, 2.05) is 30.3 Å². The minimum atomic E-state index is -3.73. The smallest absolute Gasteiger partial charge is 0.415 e. The van der Waals surface area contributed by atoms with Crippen LogP contribution in [0.3, 0.4) is 0 Å². The average molecular weight is 487 g/mol. The molecular formula is C24H23ClN2O5S. The first-order valence-electron chi connectivity index (χ1n) is 10.7. The maximum atomic E-state index is 13.5. The van der Waals surface area contributed by atoms with Gasteiger partial charge in [0.05, 0.1) is 17.7 Å². The zero-order valence-corrected chi connectivity index (χ0v) is 19.6. The lowest BCUT2D eigenvalue weighted by Gasteiger charge is -2.40. The lowest BCUT2D eigenvalue weighted by molar-refractivity contribution is 0.135. The van der Waals surface area contributed by atoms with Crippen LogP contribution in [0.25, 0.3) is 10.8 Å². The number of rotatable bonds is 4. The largest absolute Gasteiger partial charge is 0.495 e. The Morgan fingerprint density at radius 2 is 1.73 bits per heavy atom. The first-order valence-corrected chi connectivity index (χ1v) is 12.5. The molecule has 2 aliphatic rings. The normalized spacial score (nSPS) is 17.6. The number of nitrogens with zero attached hydrogens (tertiary/aromatic N) is 2. The molecule has 7 nitrogen and oxygen atoms in total. The fourth-order valence-electron chi connectivity index (χ4n) is 4.69. The molecule has 3 aromatic rings. The highest BCUT2D eigenvalue weighted by molar-refractivity contribution is 7.89. The van der Waals surface area contributed by atoms with Crippen molar-refractivity contribution < 1.29 is 22.7 Å². The number of para-hydroxylation sites is 1. The van der Waals surface area contributed by atoms with Gasteiger partial charge in [0, 0.05) is 40.5 Å². The second-order valence-corrected chi connectivity index (χ2v) is 10.4. The molecule has 0 N–H and O–H groups in total. The first kappa shape index (κ1) is 22.0. The van der Waals surface area contributed by atoms with Crippen LogP contribution in [0.5, 0.6) is 5.75 Å². The van der Waals surface area contributed by atoms with Gasteiger partial charge in [-0.05, 0) is 31.0 Å². The Kier molecular flexibility index (Phi) is 5.68. The SMILES string of the molecule is COc1cccc2c1N(C1CCN(S(=O)(=O)c3ccc(Cl)c4ccccc34)CC1)C(=O)OC2. The van der Waals surface area contributed by atoms with Crippen molar-refractivity contribution in [1.82, 2.24) is 4.31 Å². The molecule has 1 fully saturated rings. The van der Waals surface area contributed by atoms with Crippen LogP contribution in [0, 0.1) is 0 Å². The van der Waals surface area contributed by atoms with E-state index < -0.39 is 16.1 Å². The molecule has 9 heteroatoms. The van der Waals surface area contributed by atoms with Crippen molar-refractivity contribution in [3.05, 3.63) is 65.2 Å². The molecule has 2 heterocycles. The van der Waals surface area contributed by atoms with Crippen molar-refractivity contribution in [2.45, 2.75) is 30.4 Å². The zero-order chi connectivity index (χ0) is 23.2. The van der Waals surface area contributed by atoms with E-state index in [1.165, 1.54) is 4.31 Å². The number of fused-ring (bicyclic) bond motifs is 2. The van der Waals surface area contributed by atoms with Crippen molar-refractivity contribution in [3.8, 4) is 5.75 Å². The number of benzene rings is 3. The van der Waals surface area contributed by atoms with Gasteiger partial charge in [-0.25, -0.2) is 13.2 Å². The molecular weight excluding hydrogens is 464 g/mol. The fourth-order valence-corrected chi connectivity index (χ4v) is 6.59. The van der Waals surface area contributed by atoms with Crippen molar-refractivity contribution in [2.75, 3.05) is 25.1 Å². The monoisotopic (exact) mass is 486 g/mol. The summed E-state index contributed by atoms with van der Waals surface area (Å²) >= 11 is 6.28. The first-order chi connectivity index (χ1) is 15.9. The summed E-state index contributed by atoms with van der Waals surface area (Å²) < 4.78 is 39.4. The van der Waals surface area contributed by atoms with Gasteiger partial charge in [-0.1, -0.05) is 48.0 Å². The predicted molar refractivity (Wildman–Crippen MR) is 126 cm³/mol. The summed E-state index contributed by atoms with van der Waals surface area (Å²) in [5.41, 5.74) is 1.58. The average Bonchev–Trinajstić information content (AvgIpc) is 2.84. The van der Waals surface area contributed by atoms with Gasteiger partial charge >= 0.3 is 6.09 Å². The van der Waals surface area contributed by atoms with Crippen LogP contribution in [0.15, 0.2) is 59.5 Å². The van der Waals surface area contributed by atoms with Crippen LogP contribution in [-0.4, -0.2) is 45.1 Å². The van der Waals surface area contributed by atoms with Crippen molar-refractivity contribution >= 4 is 44.2 Å². The van der Waals surface area contributed by atoms with Crippen LogP contribution >= 0.6 is 11.6 Å². The Labute approximate surface area is 197 Å². The maximum Gasteiger partial charge on any atom is 0.415 e. The predicted octanol–water partition coefficient (Wildman–Crippen LogP) is 4.81. The van der Waals surface area contributed by atoms with Gasteiger partial charge in [-0.2, -0.15) is 4.31 Å². The summed E-state index contributed by atoms with van der Waals surface area (Å²) in [7, 11) is -2.16. The fraction of sp³-hybridized carbons (Fsp3) is 0.292. The van der Waals surface area contributed by atoms with Gasteiger partial charge in [-0.15, -0.1) is 0 Å². The molecule has 0 unspecified atom stereocenters. The Morgan fingerprint density at radius 1 is 1.00 bits per heavy atom. The summed E-state index contributed by atoms with van der Waals surface area (Å²) in [6.07, 6.45) is 0.534. The Hall–Kier alpha value is -2.81. The number of carbonyl (C=O) groups excluding carboxylic acids is 1. The minimum absolute atomic E-state index is 0.193. The number of anilines is 1. The van der Waals surface area contributed by atoms with E-state index in [4.69, 9.17) is 21.1 Å². The van der Waals surface area contributed by atoms with Crippen LogP contribution in [-0.2, 0) is 21.4 Å². The molecule has 172 valence electrons. The standard InChI is InChI=1S/C24H23ClN2O5S/c1-31-21-8-4-5-16-15-32-24(28)27(23(16)21)17-11-13-26(14-12-17)33(29,30)22-10-9-20(25)18-6-2-3-7-19(18)22/h2-10,17H,11-15H2,1H3. The Morgan fingerprint density at radius 3 is 2.45 bits per heavy atom. The third-order valence-corrected chi connectivity index (χ3v) is 8.61. The summed E-state index contributed by atoms with van der Waals surface area (Å²) in [5.74, 6) is 0.604. The van der Waals surface area contributed by atoms with Crippen molar-refractivity contribution in [2.24, 2.45) is 0 Å². The van der Waals surface area contributed by atoms with Crippen LogP contribution in [0.4, 0.5) is 10.5 Å². The number of cyclic esters (lactones) is 1. The highest BCUT2D eigenvalue weighted by Gasteiger charge is 2.38. The third kappa shape index (κ3) is 3.72. The molecule has 33 heavy (non-hydrogen) atoms. The molecule has 1 saturated heterocycles. The Bertz CT molecular complexity index is 1320. The highest BCUT2D eigenvalue weighted by atomic mass is 35.5. The number of methoxy groups -OCH3 is 1. The number of carbonyl (C=O) groups is 1. The minimum Gasteiger partial charge on any atom is -0.495 e. The van der Waals surface area contributed by atoms with E-state index in [0.717, 1.165) is 5.56 Å². The van der Waals surface area contributed by atoms with E-state index in [2.05, 4.69) is 0 Å². The van der Waals surface area contributed by atoms with E-state index in [1.54, 1.807) is 36.3 Å². The molecule has 0 radical (unpaired) electrons. The second-order valence-electron chi connectivity index (χ2n) is 8.12. The Balaban J connectivity index is 1.42.